The third-order valence-corrected chi connectivity index (χ3v) is 2.63. The molecule has 1 aliphatic heterocycles. The maximum atomic E-state index is 10.8. The molecule has 0 radical (unpaired) electrons. The first-order chi connectivity index (χ1) is 7.03. The summed E-state index contributed by atoms with van der Waals surface area (Å²) in [6.07, 6.45) is 0.749. The van der Waals surface area contributed by atoms with Crippen molar-refractivity contribution in [2.24, 2.45) is 0 Å². The Kier molecular flexibility index (Phi) is 2.27. The molecule has 0 spiro atoms. The highest BCUT2D eigenvalue weighted by Crippen LogP contribution is 2.40. The molecule has 1 N–H and O–H groups in total. The van der Waals surface area contributed by atoms with Crippen LogP contribution in [0.4, 0.5) is 0 Å². The normalized spacial score (nSPS) is 22.7. The van der Waals surface area contributed by atoms with Crippen LogP contribution in [0.5, 0.6) is 5.75 Å². The van der Waals surface area contributed by atoms with Gasteiger partial charge in [0.25, 0.3) is 0 Å². The number of aldehydes is 1. The molecule has 1 atom stereocenters. The molecule has 0 aliphatic carbocycles. The quantitative estimate of drug-likeness (QED) is 0.716. The van der Waals surface area contributed by atoms with E-state index in [1.807, 2.05) is 13.8 Å². The molecule has 1 aliphatic rings. The molecule has 0 aromatic heterocycles. The molecule has 0 amide bonds. The van der Waals surface area contributed by atoms with Crippen molar-refractivity contribution in [2.75, 3.05) is 0 Å². The van der Waals surface area contributed by atoms with E-state index in [0.29, 0.717) is 23.3 Å². The molecule has 80 valence electrons. The largest absolute Gasteiger partial charge is 0.487 e. The van der Waals surface area contributed by atoms with E-state index in [0.717, 1.165) is 6.29 Å². The Morgan fingerprint density at radius 2 is 2.27 bits per heavy atom. The lowest BCUT2D eigenvalue weighted by molar-refractivity contribution is 0.0111. The number of aliphatic hydroxyl groups excluding tert-OH is 1. The second-order valence-corrected chi connectivity index (χ2v) is 4.47. The van der Waals surface area contributed by atoms with E-state index in [1.165, 1.54) is 0 Å². The van der Waals surface area contributed by atoms with Crippen LogP contribution in [0.1, 0.15) is 42.3 Å². The van der Waals surface area contributed by atoms with Gasteiger partial charge in [0.15, 0.2) is 6.29 Å². The Hall–Kier alpha value is -1.35. The smallest absolute Gasteiger partial charge is 0.153 e. The Balaban J connectivity index is 2.55. The van der Waals surface area contributed by atoms with Crippen molar-refractivity contribution < 1.29 is 14.6 Å². The Labute approximate surface area is 88.7 Å². The number of hydrogen-bond acceptors (Lipinski definition) is 3. The third kappa shape index (κ3) is 1.75. The highest BCUT2D eigenvalue weighted by molar-refractivity contribution is 5.80. The van der Waals surface area contributed by atoms with Crippen LogP contribution in [-0.4, -0.2) is 17.0 Å². The van der Waals surface area contributed by atoms with Gasteiger partial charge >= 0.3 is 0 Å². The summed E-state index contributed by atoms with van der Waals surface area (Å²) in [7, 11) is 0. The SMILES string of the molecule is CC1(C)CC(O)c2cccc(C=O)c2O1. The predicted molar refractivity (Wildman–Crippen MR) is 56.1 cm³/mol. The number of ether oxygens (including phenoxy) is 1. The minimum atomic E-state index is -0.552. The number of carbonyl (C=O) groups excluding carboxylic acids is 1. The van der Waals surface area contributed by atoms with Crippen LogP contribution in [0, 0.1) is 0 Å². The highest BCUT2D eigenvalue weighted by Gasteiger charge is 2.33. The van der Waals surface area contributed by atoms with E-state index >= 15 is 0 Å². The fourth-order valence-electron chi connectivity index (χ4n) is 1.94. The van der Waals surface area contributed by atoms with Gasteiger partial charge in [-0.1, -0.05) is 12.1 Å². The lowest BCUT2D eigenvalue weighted by atomic mass is 9.90. The van der Waals surface area contributed by atoms with Crippen LogP contribution in [-0.2, 0) is 0 Å². The molecule has 0 saturated heterocycles. The molecular weight excluding hydrogens is 192 g/mol. The van der Waals surface area contributed by atoms with Gasteiger partial charge in [-0.15, -0.1) is 0 Å². The second kappa shape index (κ2) is 3.35. The summed E-state index contributed by atoms with van der Waals surface area (Å²) in [4.78, 5) is 10.8. The van der Waals surface area contributed by atoms with Crippen molar-refractivity contribution in [3.8, 4) is 5.75 Å². The van der Waals surface area contributed by atoms with Crippen LogP contribution in [0.15, 0.2) is 18.2 Å². The molecule has 1 heterocycles. The molecule has 2 rings (SSSR count). The number of aliphatic hydroxyl groups is 1. The summed E-state index contributed by atoms with van der Waals surface area (Å²) in [6.45, 7) is 3.81. The van der Waals surface area contributed by atoms with Crippen LogP contribution >= 0.6 is 0 Å². The highest BCUT2D eigenvalue weighted by atomic mass is 16.5. The number of benzene rings is 1. The monoisotopic (exact) mass is 206 g/mol. The molecule has 0 fully saturated rings. The first-order valence-electron chi connectivity index (χ1n) is 4.99. The topological polar surface area (TPSA) is 46.5 Å². The van der Waals surface area contributed by atoms with Gasteiger partial charge in [-0.05, 0) is 19.9 Å². The molecule has 1 aromatic carbocycles. The van der Waals surface area contributed by atoms with Crippen LogP contribution in [0.2, 0.25) is 0 Å². The van der Waals surface area contributed by atoms with Gasteiger partial charge < -0.3 is 9.84 Å². The second-order valence-electron chi connectivity index (χ2n) is 4.47. The summed E-state index contributed by atoms with van der Waals surface area (Å²) in [5.74, 6) is 0.524. The lowest BCUT2D eigenvalue weighted by Gasteiger charge is -2.36. The van der Waals surface area contributed by atoms with Crippen molar-refractivity contribution >= 4 is 6.29 Å². The van der Waals surface area contributed by atoms with E-state index < -0.39 is 11.7 Å². The molecule has 3 nitrogen and oxygen atoms in total. The number of fused-ring (bicyclic) bond motifs is 1. The molecule has 3 heteroatoms. The number of carbonyl (C=O) groups is 1. The van der Waals surface area contributed by atoms with Crippen molar-refractivity contribution in [3.05, 3.63) is 29.3 Å². The van der Waals surface area contributed by atoms with Gasteiger partial charge in [0, 0.05) is 12.0 Å². The molecule has 0 saturated carbocycles. The molecular formula is C12H14O3. The van der Waals surface area contributed by atoms with Gasteiger partial charge in [-0.25, -0.2) is 0 Å². The fourth-order valence-corrected chi connectivity index (χ4v) is 1.94. The van der Waals surface area contributed by atoms with Crippen molar-refractivity contribution in [1.82, 2.24) is 0 Å². The summed E-state index contributed by atoms with van der Waals surface area (Å²) in [5.41, 5.74) is 0.782. The predicted octanol–water partition coefficient (Wildman–Crippen LogP) is 2.09. The average molecular weight is 206 g/mol. The molecule has 0 bridgehead atoms. The zero-order valence-corrected chi connectivity index (χ0v) is 8.86. The Morgan fingerprint density at radius 3 is 2.93 bits per heavy atom. The molecule has 1 aromatic rings. The maximum absolute atomic E-state index is 10.8. The van der Waals surface area contributed by atoms with Gasteiger partial charge in [0.05, 0.1) is 11.7 Å². The maximum Gasteiger partial charge on any atom is 0.153 e. The Bertz CT molecular complexity index is 396. The fraction of sp³-hybridized carbons (Fsp3) is 0.417. The summed E-state index contributed by atoms with van der Waals surface area (Å²) in [5, 5.41) is 9.92. The number of rotatable bonds is 1. The van der Waals surface area contributed by atoms with Gasteiger partial charge in [-0.3, -0.25) is 4.79 Å². The number of para-hydroxylation sites is 1. The van der Waals surface area contributed by atoms with Crippen molar-refractivity contribution in [1.29, 1.82) is 0 Å². The summed E-state index contributed by atoms with van der Waals surface area (Å²) < 4.78 is 5.72. The van der Waals surface area contributed by atoms with E-state index in [1.54, 1.807) is 18.2 Å². The first kappa shape index (κ1) is 10.2. The number of hydrogen-bond donors (Lipinski definition) is 1. The zero-order valence-electron chi connectivity index (χ0n) is 8.86. The van der Waals surface area contributed by atoms with Crippen molar-refractivity contribution in [2.45, 2.75) is 32.0 Å². The van der Waals surface area contributed by atoms with Crippen molar-refractivity contribution in [3.63, 3.8) is 0 Å². The van der Waals surface area contributed by atoms with Gasteiger partial charge in [-0.2, -0.15) is 0 Å². The first-order valence-corrected chi connectivity index (χ1v) is 4.99. The van der Waals surface area contributed by atoms with Crippen LogP contribution in [0.25, 0.3) is 0 Å². The van der Waals surface area contributed by atoms with Crippen LogP contribution < -0.4 is 4.74 Å². The third-order valence-electron chi connectivity index (χ3n) is 2.63. The minimum absolute atomic E-state index is 0.425. The zero-order chi connectivity index (χ0) is 11.1. The average Bonchev–Trinajstić information content (AvgIpc) is 2.15. The van der Waals surface area contributed by atoms with Gasteiger partial charge in [0.1, 0.15) is 11.4 Å². The lowest BCUT2D eigenvalue weighted by Crippen LogP contribution is -2.35. The molecule has 1 unspecified atom stereocenters. The standard InChI is InChI=1S/C12H14O3/c1-12(2)6-10(14)9-5-3-4-8(7-13)11(9)15-12/h3-5,7,10,14H,6H2,1-2H3. The van der Waals surface area contributed by atoms with E-state index in [2.05, 4.69) is 0 Å². The molecule has 15 heavy (non-hydrogen) atoms. The van der Waals surface area contributed by atoms with E-state index in [-0.39, 0.29) is 0 Å². The Morgan fingerprint density at radius 1 is 1.53 bits per heavy atom. The minimum Gasteiger partial charge on any atom is -0.487 e. The van der Waals surface area contributed by atoms with E-state index in [9.17, 15) is 9.90 Å². The summed E-state index contributed by atoms with van der Waals surface area (Å²) >= 11 is 0. The van der Waals surface area contributed by atoms with E-state index in [4.69, 9.17) is 4.74 Å². The van der Waals surface area contributed by atoms with Crippen LogP contribution in [0.3, 0.4) is 0 Å². The van der Waals surface area contributed by atoms with Gasteiger partial charge in [0.2, 0.25) is 0 Å². The summed E-state index contributed by atoms with van der Waals surface area (Å²) in [6, 6.07) is 5.25.